The molecule has 0 aromatic heterocycles. The molecule has 0 aromatic carbocycles. The maximum atomic E-state index is 12.9. The van der Waals surface area contributed by atoms with E-state index in [0.29, 0.717) is 34.5 Å². The van der Waals surface area contributed by atoms with Crippen molar-refractivity contribution in [1.29, 1.82) is 0 Å². The molecule has 12 atom stereocenters. The Balaban J connectivity index is 1.20. The lowest BCUT2D eigenvalue weighted by Gasteiger charge is -2.64. The van der Waals surface area contributed by atoms with Crippen LogP contribution in [-0.2, 0) is 14.2 Å². The third kappa shape index (κ3) is 4.71. The summed E-state index contributed by atoms with van der Waals surface area (Å²) < 4.78 is 18.2. The van der Waals surface area contributed by atoms with E-state index in [2.05, 4.69) is 48.5 Å². The molecule has 46 heavy (non-hydrogen) atoms. The van der Waals surface area contributed by atoms with Gasteiger partial charge in [0.2, 0.25) is 0 Å². The van der Waals surface area contributed by atoms with Crippen molar-refractivity contribution in [3.8, 4) is 0 Å². The summed E-state index contributed by atoms with van der Waals surface area (Å²) in [5, 5.41) is 12.2. The highest BCUT2D eigenvalue weighted by Crippen LogP contribution is 2.89. The van der Waals surface area contributed by atoms with Crippen LogP contribution in [0.25, 0.3) is 0 Å². The Morgan fingerprint density at radius 3 is 2.20 bits per heavy atom. The lowest BCUT2D eigenvalue weighted by molar-refractivity contribution is -0.183. The monoisotopic (exact) mass is 644 g/mol. The summed E-state index contributed by atoms with van der Waals surface area (Å²) in [5.41, 5.74) is 0.461. The number of hydrogen-bond acceptors (Lipinski definition) is 6. The van der Waals surface area contributed by atoms with Gasteiger partial charge >= 0.3 is 12.2 Å². The van der Waals surface area contributed by atoms with Gasteiger partial charge in [0, 0.05) is 45.1 Å². The lowest BCUT2D eigenvalue weighted by Crippen LogP contribution is -2.60. The van der Waals surface area contributed by atoms with Crippen LogP contribution in [-0.4, -0.2) is 85.8 Å². The standard InChI is InChI=1S/C38H64N2O6/c1-23(2)31(46-32(42)39(8)9)26(44-10)20-24(3)25-21-29(41)36(7)28-13-12-27-34(4,5)30(45-33(43)40-18-11-19-40)14-15-37(27)22-38(28,37)17-16-35(25,36)6/h23-31,41H,11-22H2,1-10H3/t24-,25-,26?,27+,28?,29+,30?,31-,35?,36-,37?,38?/m1/s1. The van der Waals surface area contributed by atoms with E-state index in [9.17, 15) is 14.7 Å². The van der Waals surface area contributed by atoms with Gasteiger partial charge in [-0.25, -0.2) is 9.59 Å². The normalized spacial score (nSPS) is 44.0. The van der Waals surface area contributed by atoms with Crippen molar-refractivity contribution >= 4 is 12.2 Å². The predicted molar refractivity (Wildman–Crippen MR) is 178 cm³/mol. The van der Waals surface area contributed by atoms with Crippen LogP contribution in [0.15, 0.2) is 0 Å². The number of rotatable bonds is 8. The zero-order chi connectivity index (χ0) is 33.6. The number of carbonyl (C=O) groups is 2. The number of ether oxygens (including phenoxy) is 3. The maximum absolute atomic E-state index is 12.9. The van der Waals surface area contributed by atoms with E-state index in [0.717, 1.165) is 64.5 Å². The summed E-state index contributed by atoms with van der Waals surface area (Å²) in [6.45, 7) is 17.9. The van der Waals surface area contributed by atoms with Gasteiger partial charge in [-0.2, -0.15) is 0 Å². The van der Waals surface area contributed by atoms with Gasteiger partial charge < -0.3 is 29.1 Å². The number of nitrogens with zero attached hydrogens (tertiary/aromatic N) is 2. The van der Waals surface area contributed by atoms with Gasteiger partial charge in [0.25, 0.3) is 0 Å². The van der Waals surface area contributed by atoms with Crippen molar-refractivity contribution in [3.05, 3.63) is 0 Å². The Kier molecular flexibility index (Phi) is 8.60. The van der Waals surface area contributed by atoms with E-state index in [1.165, 1.54) is 17.7 Å². The first-order chi connectivity index (χ1) is 21.5. The molecule has 6 fully saturated rings. The number of likely N-dealkylation sites (tertiary alicyclic amines) is 1. The van der Waals surface area contributed by atoms with Gasteiger partial charge in [0.1, 0.15) is 12.2 Å². The maximum Gasteiger partial charge on any atom is 0.410 e. The first-order valence-corrected chi connectivity index (χ1v) is 18.5. The van der Waals surface area contributed by atoms with E-state index in [4.69, 9.17) is 14.2 Å². The molecule has 2 amide bonds. The SMILES string of the molecule is COC(C[C@@H](C)[C@H]1C[C@H](O)[C@@]2(C)C3CC[C@H]4C(C)(C)C(OC(=O)N5CCC5)CCC45CC35CCC12C)[C@H](OC(=O)N(C)C)C(C)C. The minimum absolute atomic E-state index is 0.0161. The third-order valence-electron chi connectivity index (χ3n) is 15.8. The summed E-state index contributed by atoms with van der Waals surface area (Å²) in [5.74, 6) is 1.90. The first kappa shape index (κ1) is 34.3. The number of amides is 2. The number of methoxy groups -OCH3 is 1. The summed E-state index contributed by atoms with van der Waals surface area (Å²) in [4.78, 5) is 28.7. The summed E-state index contributed by atoms with van der Waals surface area (Å²) in [7, 11) is 5.17. The molecule has 1 heterocycles. The third-order valence-corrected chi connectivity index (χ3v) is 15.8. The van der Waals surface area contributed by atoms with E-state index in [-0.39, 0.29) is 58.8 Å². The quantitative estimate of drug-likeness (QED) is 0.297. The fraction of sp³-hybridized carbons (Fsp3) is 0.947. The average molecular weight is 645 g/mol. The van der Waals surface area contributed by atoms with Crippen molar-refractivity contribution in [3.63, 3.8) is 0 Å². The van der Waals surface area contributed by atoms with Crippen LogP contribution in [0, 0.1) is 56.7 Å². The molecular weight excluding hydrogens is 580 g/mol. The average Bonchev–Trinajstić information content (AvgIpc) is 3.57. The molecule has 8 nitrogen and oxygen atoms in total. The predicted octanol–water partition coefficient (Wildman–Crippen LogP) is 7.37. The lowest BCUT2D eigenvalue weighted by atomic mass is 9.41. The number of aliphatic hydroxyl groups excluding tert-OH is 1. The van der Waals surface area contributed by atoms with Crippen LogP contribution in [0.4, 0.5) is 9.59 Å². The van der Waals surface area contributed by atoms with Crippen molar-refractivity contribution in [2.75, 3.05) is 34.3 Å². The van der Waals surface area contributed by atoms with Gasteiger partial charge in [-0.15, -0.1) is 0 Å². The second-order valence-electron chi connectivity index (χ2n) is 18.3. The number of hydrogen-bond donors (Lipinski definition) is 1. The Morgan fingerprint density at radius 2 is 1.61 bits per heavy atom. The van der Waals surface area contributed by atoms with E-state index in [1.807, 2.05) is 4.90 Å². The molecule has 1 N–H and O–H groups in total. The largest absolute Gasteiger partial charge is 0.446 e. The van der Waals surface area contributed by atoms with Crippen LogP contribution in [0.2, 0.25) is 0 Å². The molecule has 1 saturated heterocycles. The first-order valence-electron chi connectivity index (χ1n) is 18.5. The van der Waals surface area contributed by atoms with Crippen molar-refractivity contribution in [2.45, 2.75) is 137 Å². The van der Waals surface area contributed by atoms with Gasteiger partial charge in [-0.3, -0.25) is 0 Å². The minimum atomic E-state index is -0.331. The number of aliphatic hydroxyl groups is 1. The molecule has 1 aliphatic heterocycles. The van der Waals surface area contributed by atoms with Crippen molar-refractivity contribution in [1.82, 2.24) is 9.80 Å². The van der Waals surface area contributed by atoms with E-state index < -0.39 is 0 Å². The molecule has 0 aromatic rings. The second kappa shape index (κ2) is 11.5. The molecule has 0 radical (unpaired) electrons. The molecular formula is C38H64N2O6. The highest BCUT2D eigenvalue weighted by molar-refractivity contribution is 5.68. The number of fused-ring (bicyclic) bond motifs is 2. The van der Waals surface area contributed by atoms with Crippen LogP contribution in [0.5, 0.6) is 0 Å². The molecule has 5 aliphatic carbocycles. The van der Waals surface area contributed by atoms with Crippen LogP contribution in [0.1, 0.15) is 113 Å². The highest BCUT2D eigenvalue weighted by atomic mass is 16.6. The van der Waals surface area contributed by atoms with Crippen LogP contribution in [0.3, 0.4) is 0 Å². The van der Waals surface area contributed by atoms with E-state index in [1.54, 1.807) is 21.2 Å². The zero-order valence-corrected chi connectivity index (χ0v) is 30.6. The molecule has 262 valence electrons. The van der Waals surface area contributed by atoms with Gasteiger partial charge in [-0.05, 0) is 110 Å². The van der Waals surface area contributed by atoms with Crippen molar-refractivity contribution in [2.24, 2.45) is 56.7 Å². The minimum Gasteiger partial charge on any atom is -0.446 e. The number of carbonyl (C=O) groups excluding carboxylic acids is 2. The molecule has 5 saturated carbocycles. The second-order valence-corrected chi connectivity index (χ2v) is 18.3. The van der Waals surface area contributed by atoms with E-state index >= 15 is 0 Å². The molecule has 8 heteroatoms. The van der Waals surface area contributed by atoms with Gasteiger partial charge in [0.15, 0.2) is 0 Å². The Labute approximate surface area is 278 Å². The van der Waals surface area contributed by atoms with Crippen LogP contribution < -0.4 is 0 Å². The van der Waals surface area contributed by atoms with Gasteiger partial charge in [-0.1, -0.05) is 48.5 Å². The topological polar surface area (TPSA) is 88.5 Å². The fourth-order valence-corrected chi connectivity index (χ4v) is 12.9. The van der Waals surface area contributed by atoms with Crippen LogP contribution >= 0.6 is 0 Å². The van der Waals surface area contributed by atoms with Gasteiger partial charge in [0.05, 0.1) is 12.2 Å². The molecule has 6 rings (SSSR count). The summed E-state index contributed by atoms with van der Waals surface area (Å²) in [6, 6.07) is 0. The molecule has 0 bridgehead atoms. The molecule has 6 unspecified atom stereocenters. The fourth-order valence-electron chi connectivity index (χ4n) is 12.9. The summed E-state index contributed by atoms with van der Waals surface area (Å²) >= 11 is 0. The smallest absolute Gasteiger partial charge is 0.410 e. The summed E-state index contributed by atoms with van der Waals surface area (Å²) in [6.07, 6.45) is 9.51. The zero-order valence-electron chi connectivity index (χ0n) is 30.6. The van der Waals surface area contributed by atoms with Crippen molar-refractivity contribution < 1.29 is 28.9 Å². The Bertz CT molecular complexity index is 1190. The Morgan fingerprint density at radius 1 is 0.957 bits per heavy atom. The highest BCUT2D eigenvalue weighted by Gasteiger charge is 2.83. The molecule has 6 aliphatic rings. The molecule has 2 spiro atoms. The Hall–Kier alpha value is -1.54.